The van der Waals surface area contributed by atoms with E-state index in [0.717, 1.165) is 19.4 Å². The number of ether oxygens (including phenoxy) is 2. The summed E-state index contributed by atoms with van der Waals surface area (Å²) in [5.74, 6) is -0.621. The van der Waals surface area contributed by atoms with E-state index in [1.807, 2.05) is 0 Å². The first kappa shape index (κ1) is 21.4. The van der Waals surface area contributed by atoms with E-state index < -0.39 is 11.4 Å². The Labute approximate surface area is 164 Å². The second-order valence-electron chi connectivity index (χ2n) is 7.47. The summed E-state index contributed by atoms with van der Waals surface area (Å²) in [5.41, 5.74) is -0.202. The van der Waals surface area contributed by atoms with Crippen molar-refractivity contribution in [1.82, 2.24) is 5.32 Å². The van der Waals surface area contributed by atoms with E-state index >= 15 is 0 Å². The Morgan fingerprint density at radius 1 is 1.26 bits per heavy atom. The number of hydrogen-bond donors (Lipinski definition) is 1. The van der Waals surface area contributed by atoms with Crippen molar-refractivity contribution in [2.45, 2.75) is 44.6 Å². The van der Waals surface area contributed by atoms with Crippen molar-refractivity contribution in [2.75, 3.05) is 25.5 Å². The molecule has 148 valence electrons. The molecular weight excluding hydrogens is 366 g/mol. The van der Waals surface area contributed by atoms with Crippen molar-refractivity contribution in [1.29, 1.82) is 0 Å². The molecule has 1 N–H and O–H groups in total. The van der Waals surface area contributed by atoms with Crippen LogP contribution in [0.4, 0.5) is 0 Å². The summed E-state index contributed by atoms with van der Waals surface area (Å²) in [6, 6.07) is 6.92. The second-order valence-corrected chi connectivity index (χ2v) is 8.49. The fourth-order valence-electron chi connectivity index (χ4n) is 2.41. The summed E-state index contributed by atoms with van der Waals surface area (Å²) in [4.78, 5) is 37.0. The number of hydrogen-bond acceptors (Lipinski definition) is 6. The van der Waals surface area contributed by atoms with Gasteiger partial charge in [-0.05, 0) is 25.0 Å². The van der Waals surface area contributed by atoms with Crippen LogP contribution < -0.4 is 5.32 Å². The lowest BCUT2D eigenvalue weighted by Gasteiger charge is -2.16. The van der Waals surface area contributed by atoms with E-state index in [1.54, 1.807) is 45.0 Å². The van der Waals surface area contributed by atoms with Gasteiger partial charge in [-0.3, -0.25) is 9.59 Å². The maximum absolute atomic E-state index is 12.3. The van der Waals surface area contributed by atoms with Crippen molar-refractivity contribution in [3.63, 3.8) is 0 Å². The lowest BCUT2D eigenvalue weighted by molar-refractivity contribution is -0.129. The normalized spacial score (nSPS) is 16.8. The molecular formula is C20H27NO5S. The van der Waals surface area contributed by atoms with Crippen LogP contribution in [0.15, 0.2) is 29.2 Å². The monoisotopic (exact) mass is 393 g/mol. The molecule has 1 saturated heterocycles. The van der Waals surface area contributed by atoms with E-state index in [4.69, 9.17) is 9.47 Å². The first-order valence-corrected chi connectivity index (χ1v) is 10.1. The molecule has 1 amide bonds. The molecule has 6 nitrogen and oxygen atoms in total. The van der Waals surface area contributed by atoms with Gasteiger partial charge in [0.25, 0.3) is 0 Å². The summed E-state index contributed by atoms with van der Waals surface area (Å²) in [5, 5.41) is 2.85. The van der Waals surface area contributed by atoms with Crippen LogP contribution in [0.1, 0.15) is 44.0 Å². The van der Waals surface area contributed by atoms with Crippen molar-refractivity contribution in [3.8, 4) is 0 Å². The fraction of sp³-hybridized carbons (Fsp3) is 0.550. The highest BCUT2D eigenvalue weighted by Gasteiger charge is 2.23. The number of rotatable bonds is 8. The standard InChI is InChI=1S/C20H27NO5S/c1-20(2,3)17(22)12-26-19(24)15-8-4-5-9-16(15)27-13-18(23)21-11-14-7-6-10-25-14/h4-5,8-9,14H,6-7,10-13H2,1-3H3,(H,21,23). The van der Waals surface area contributed by atoms with Gasteiger partial charge in [-0.25, -0.2) is 4.79 Å². The molecule has 1 aromatic carbocycles. The van der Waals surface area contributed by atoms with Crippen LogP contribution in [0.25, 0.3) is 0 Å². The maximum atomic E-state index is 12.3. The van der Waals surface area contributed by atoms with Gasteiger partial charge in [0.15, 0.2) is 12.4 Å². The lowest BCUT2D eigenvalue weighted by atomic mass is 9.91. The van der Waals surface area contributed by atoms with E-state index in [1.165, 1.54) is 11.8 Å². The van der Waals surface area contributed by atoms with Gasteiger partial charge in [0.05, 0.1) is 17.4 Å². The number of benzene rings is 1. The first-order valence-electron chi connectivity index (χ1n) is 9.08. The van der Waals surface area contributed by atoms with Gasteiger partial charge in [0, 0.05) is 23.5 Å². The molecule has 27 heavy (non-hydrogen) atoms. The van der Waals surface area contributed by atoms with Gasteiger partial charge < -0.3 is 14.8 Å². The molecule has 0 aromatic heterocycles. The van der Waals surface area contributed by atoms with Gasteiger partial charge in [0.2, 0.25) is 5.91 Å². The van der Waals surface area contributed by atoms with Crippen LogP contribution >= 0.6 is 11.8 Å². The SMILES string of the molecule is CC(C)(C)C(=O)COC(=O)c1ccccc1SCC(=O)NCC1CCCO1. The number of ketones is 1. The zero-order valence-electron chi connectivity index (χ0n) is 16.1. The minimum Gasteiger partial charge on any atom is -0.454 e. The largest absolute Gasteiger partial charge is 0.454 e. The van der Waals surface area contributed by atoms with Gasteiger partial charge in [0.1, 0.15) is 0 Å². The molecule has 7 heteroatoms. The average Bonchev–Trinajstić information content (AvgIpc) is 3.15. The van der Waals surface area contributed by atoms with Crippen LogP contribution in [0.3, 0.4) is 0 Å². The van der Waals surface area contributed by atoms with Crippen LogP contribution in [-0.4, -0.2) is 49.3 Å². The van der Waals surface area contributed by atoms with E-state index in [-0.39, 0.29) is 30.2 Å². The molecule has 1 heterocycles. The van der Waals surface area contributed by atoms with Crippen molar-refractivity contribution in [2.24, 2.45) is 5.41 Å². The predicted molar refractivity (Wildman–Crippen MR) is 104 cm³/mol. The Morgan fingerprint density at radius 2 is 2.00 bits per heavy atom. The lowest BCUT2D eigenvalue weighted by Crippen LogP contribution is -2.32. The Morgan fingerprint density at radius 3 is 2.67 bits per heavy atom. The molecule has 1 aliphatic heterocycles. The fourth-order valence-corrected chi connectivity index (χ4v) is 3.28. The highest BCUT2D eigenvalue weighted by molar-refractivity contribution is 8.00. The molecule has 0 spiro atoms. The summed E-state index contributed by atoms with van der Waals surface area (Å²) in [7, 11) is 0. The molecule has 2 rings (SSSR count). The number of Topliss-reactive ketones (excluding diaryl/α,β-unsaturated/α-hetero) is 1. The average molecular weight is 394 g/mol. The van der Waals surface area contributed by atoms with Crippen molar-refractivity contribution < 1.29 is 23.9 Å². The number of esters is 1. The quantitative estimate of drug-likeness (QED) is 0.540. The Balaban J connectivity index is 1.85. The summed E-state index contributed by atoms with van der Waals surface area (Å²) < 4.78 is 10.6. The highest BCUT2D eigenvalue weighted by atomic mass is 32.2. The molecule has 1 atom stereocenters. The zero-order valence-corrected chi connectivity index (χ0v) is 16.9. The molecule has 1 aliphatic rings. The molecule has 0 aliphatic carbocycles. The number of amides is 1. The van der Waals surface area contributed by atoms with Crippen LogP contribution in [0.5, 0.6) is 0 Å². The summed E-state index contributed by atoms with van der Waals surface area (Å²) >= 11 is 1.27. The third kappa shape index (κ3) is 6.99. The Bertz CT molecular complexity index is 677. The van der Waals surface area contributed by atoms with Crippen LogP contribution in [0.2, 0.25) is 0 Å². The second kappa shape index (κ2) is 9.90. The summed E-state index contributed by atoms with van der Waals surface area (Å²) in [6.07, 6.45) is 2.10. The number of carbonyl (C=O) groups is 3. The smallest absolute Gasteiger partial charge is 0.339 e. The third-order valence-electron chi connectivity index (χ3n) is 4.19. The zero-order chi connectivity index (χ0) is 19.9. The molecule has 0 bridgehead atoms. The topological polar surface area (TPSA) is 81.7 Å². The molecule has 0 radical (unpaired) electrons. The number of carbonyl (C=O) groups excluding carboxylic acids is 3. The van der Waals surface area contributed by atoms with Gasteiger partial charge in [-0.2, -0.15) is 0 Å². The minimum atomic E-state index is -0.560. The van der Waals surface area contributed by atoms with E-state index in [2.05, 4.69) is 5.32 Å². The molecule has 1 unspecified atom stereocenters. The van der Waals surface area contributed by atoms with Gasteiger partial charge in [-0.15, -0.1) is 11.8 Å². The molecule has 1 aromatic rings. The molecule has 0 saturated carbocycles. The van der Waals surface area contributed by atoms with Crippen LogP contribution in [-0.2, 0) is 19.1 Å². The Hall–Kier alpha value is -1.86. The molecule has 1 fully saturated rings. The highest BCUT2D eigenvalue weighted by Crippen LogP contribution is 2.24. The van der Waals surface area contributed by atoms with Crippen molar-refractivity contribution >= 4 is 29.4 Å². The van der Waals surface area contributed by atoms with Gasteiger partial charge in [-0.1, -0.05) is 32.9 Å². The predicted octanol–water partition coefficient (Wildman–Crippen LogP) is 2.85. The van der Waals surface area contributed by atoms with Gasteiger partial charge >= 0.3 is 5.97 Å². The van der Waals surface area contributed by atoms with Crippen LogP contribution in [0, 0.1) is 5.41 Å². The maximum Gasteiger partial charge on any atom is 0.339 e. The number of thioether (sulfide) groups is 1. The van der Waals surface area contributed by atoms with Crippen molar-refractivity contribution in [3.05, 3.63) is 29.8 Å². The first-order chi connectivity index (χ1) is 12.8. The minimum absolute atomic E-state index is 0.0987. The van der Waals surface area contributed by atoms with E-state index in [0.29, 0.717) is 17.0 Å². The third-order valence-corrected chi connectivity index (χ3v) is 5.26. The Kier molecular flexibility index (Phi) is 7.86. The summed E-state index contributed by atoms with van der Waals surface area (Å²) in [6.45, 7) is 6.34. The van der Waals surface area contributed by atoms with E-state index in [9.17, 15) is 14.4 Å². The number of nitrogens with one attached hydrogen (secondary N) is 1.